The van der Waals surface area contributed by atoms with E-state index in [4.69, 9.17) is 25.8 Å². The number of nitrogens with zero attached hydrogens (tertiary/aromatic N) is 4. The van der Waals surface area contributed by atoms with Crippen LogP contribution in [0.4, 0.5) is 10.2 Å². The van der Waals surface area contributed by atoms with Crippen LogP contribution in [0, 0.1) is 0 Å². The first-order chi connectivity index (χ1) is 13.1. The van der Waals surface area contributed by atoms with E-state index in [0.29, 0.717) is 0 Å². The molecule has 0 saturated carbocycles. The molecular weight excluding hydrogens is 399 g/mol. The summed E-state index contributed by atoms with van der Waals surface area (Å²) in [5.41, 5.74) is -0.192. The molecule has 0 amide bonds. The van der Waals surface area contributed by atoms with Crippen molar-refractivity contribution >= 4 is 40.9 Å². The van der Waals surface area contributed by atoms with Gasteiger partial charge in [-0.05, 0) is 11.6 Å². The third kappa shape index (κ3) is 5.04. The van der Waals surface area contributed by atoms with E-state index < -0.39 is 41.8 Å². The number of halogens is 2. The summed E-state index contributed by atoms with van der Waals surface area (Å²) in [6, 6.07) is 0. The van der Waals surface area contributed by atoms with E-state index in [1.54, 1.807) is 19.0 Å². The van der Waals surface area contributed by atoms with E-state index in [9.17, 15) is 14.4 Å². The molecule has 10 nitrogen and oxygen atoms in total. The molecular formula is C16H20ClFN4O6. The maximum atomic E-state index is 15.1. The molecule has 1 fully saturated rings. The largest absolute Gasteiger partial charge is 0.463 e. The molecule has 154 valence electrons. The topological polar surface area (TPSA) is 112 Å². The average Bonchev–Trinajstić information content (AvgIpc) is 3.13. The maximum absolute atomic E-state index is 15.1. The molecule has 0 bridgehead atoms. The van der Waals surface area contributed by atoms with Crippen LogP contribution in [0.15, 0.2) is 11.3 Å². The standard InChI is InChI=1S/C16H20ClFN4O6/c1-8(23)26-5-10-13(27-9(2)24)11(18)16(28-10)22-7-19-12(14(17)25)15(22)20-6-21(3)4/h6-7,10-11,13,16H,5H2,1-4H3/b20-6+/t10-,11-,13-,16-/m1/s1. The van der Waals surface area contributed by atoms with E-state index in [2.05, 4.69) is 9.98 Å². The van der Waals surface area contributed by atoms with Crippen molar-refractivity contribution in [2.75, 3.05) is 20.7 Å². The smallest absolute Gasteiger partial charge is 0.303 e. The van der Waals surface area contributed by atoms with Crippen molar-refractivity contribution in [3.8, 4) is 0 Å². The Morgan fingerprint density at radius 1 is 1.39 bits per heavy atom. The van der Waals surface area contributed by atoms with Crippen molar-refractivity contribution < 1.29 is 33.0 Å². The van der Waals surface area contributed by atoms with Gasteiger partial charge in [-0.1, -0.05) is 0 Å². The second kappa shape index (κ2) is 9.11. The minimum Gasteiger partial charge on any atom is -0.463 e. The maximum Gasteiger partial charge on any atom is 0.303 e. The van der Waals surface area contributed by atoms with Gasteiger partial charge in [0.25, 0.3) is 5.24 Å². The van der Waals surface area contributed by atoms with Gasteiger partial charge in [-0.3, -0.25) is 19.0 Å². The molecule has 0 aliphatic carbocycles. The number of esters is 2. The fourth-order valence-corrected chi connectivity index (χ4v) is 2.69. The summed E-state index contributed by atoms with van der Waals surface area (Å²) in [7, 11) is 3.39. The number of hydrogen-bond donors (Lipinski definition) is 0. The Balaban J connectivity index is 2.39. The minimum atomic E-state index is -1.84. The van der Waals surface area contributed by atoms with Gasteiger partial charge in [-0.15, -0.1) is 0 Å². The van der Waals surface area contributed by atoms with Crippen molar-refractivity contribution in [1.82, 2.24) is 14.5 Å². The molecule has 0 radical (unpaired) electrons. The van der Waals surface area contributed by atoms with Gasteiger partial charge >= 0.3 is 11.9 Å². The molecule has 1 aliphatic rings. The number of carbonyl (C=O) groups is 3. The Labute approximate surface area is 165 Å². The number of alkyl halides is 1. The monoisotopic (exact) mass is 418 g/mol. The lowest BCUT2D eigenvalue weighted by Gasteiger charge is -2.18. The average molecular weight is 419 g/mol. The molecule has 1 saturated heterocycles. The quantitative estimate of drug-likeness (QED) is 0.281. The van der Waals surface area contributed by atoms with Crippen LogP contribution in [0.5, 0.6) is 0 Å². The lowest BCUT2D eigenvalue weighted by atomic mass is 10.1. The zero-order valence-corrected chi connectivity index (χ0v) is 16.4. The summed E-state index contributed by atoms with van der Waals surface area (Å²) in [4.78, 5) is 43.6. The first kappa shape index (κ1) is 21.8. The molecule has 1 aromatic heterocycles. The van der Waals surface area contributed by atoms with Gasteiger partial charge < -0.3 is 19.1 Å². The number of aromatic nitrogens is 2. The number of ether oxygens (including phenoxy) is 3. The SMILES string of the molecule is CC(=O)OC[C@H]1O[C@@H](n2cnc(C(=O)Cl)c2/N=C/N(C)C)[C@H](F)[C@@H]1OC(C)=O. The molecule has 0 unspecified atom stereocenters. The summed E-state index contributed by atoms with van der Waals surface area (Å²) >= 11 is 5.53. The lowest BCUT2D eigenvalue weighted by molar-refractivity contribution is -0.156. The number of hydrogen-bond acceptors (Lipinski definition) is 8. The normalized spacial score (nSPS) is 24.4. The molecule has 1 aromatic rings. The van der Waals surface area contributed by atoms with Gasteiger partial charge in [-0.2, -0.15) is 0 Å². The zero-order valence-electron chi connectivity index (χ0n) is 15.7. The van der Waals surface area contributed by atoms with E-state index >= 15 is 4.39 Å². The fourth-order valence-electron chi connectivity index (χ4n) is 2.56. The van der Waals surface area contributed by atoms with Crippen LogP contribution in [-0.2, 0) is 23.8 Å². The van der Waals surface area contributed by atoms with Crippen LogP contribution in [-0.4, -0.2) is 77.1 Å². The summed E-state index contributed by atoms with van der Waals surface area (Å²) in [5.74, 6) is -1.35. The van der Waals surface area contributed by atoms with Gasteiger partial charge in [0.05, 0.1) is 12.7 Å². The highest BCUT2D eigenvalue weighted by atomic mass is 35.5. The number of imidazole rings is 1. The Morgan fingerprint density at radius 3 is 2.61 bits per heavy atom. The highest BCUT2D eigenvalue weighted by Gasteiger charge is 2.49. The van der Waals surface area contributed by atoms with Gasteiger partial charge in [0.15, 0.2) is 30.0 Å². The van der Waals surface area contributed by atoms with E-state index in [1.807, 2.05) is 0 Å². The van der Waals surface area contributed by atoms with Gasteiger partial charge in [0, 0.05) is 27.9 Å². The van der Waals surface area contributed by atoms with Gasteiger partial charge in [-0.25, -0.2) is 14.4 Å². The molecule has 0 N–H and O–H groups in total. The molecule has 28 heavy (non-hydrogen) atoms. The molecule has 2 heterocycles. The van der Waals surface area contributed by atoms with Crippen LogP contribution >= 0.6 is 11.6 Å². The van der Waals surface area contributed by atoms with Crippen molar-refractivity contribution in [2.45, 2.75) is 38.5 Å². The van der Waals surface area contributed by atoms with Crippen LogP contribution in [0.1, 0.15) is 30.6 Å². The first-order valence-corrected chi connectivity index (χ1v) is 8.57. The second-order valence-corrected chi connectivity index (χ2v) is 6.54. The van der Waals surface area contributed by atoms with Crippen molar-refractivity contribution in [3.63, 3.8) is 0 Å². The van der Waals surface area contributed by atoms with Crippen LogP contribution in [0.2, 0.25) is 0 Å². The predicted octanol–water partition coefficient (Wildman–Crippen LogP) is 1.21. The van der Waals surface area contributed by atoms with Gasteiger partial charge in [0.2, 0.25) is 0 Å². The summed E-state index contributed by atoms with van der Waals surface area (Å²) in [5, 5.41) is -0.883. The van der Waals surface area contributed by atoms with E-state index in [1.165, 1.54) is 17.8 Å². The lowest BCUT2D eigenvalue weighted by Crippen LogP contribution is -2.36. The number of rotatable bonds is 7. The Morgan fingerprint density at radius 2 is 2.07 bits per heavy atom. The number of aliphatic imine (C=N–C) groups is 1. The van der Waals surface area contributed by atoms with Crippen LogP contribution in [0.25, 0.3) is 0 Å². The second-order valence-electron chi connectivity index (χ2n) is 6.19. The molecule has 1 aliphatic heterocycles. The van der Waals surface area contributed by atoms with Crippen molar-refractivity contribution in [2.24, 2.45) is 4.99 Å². The van der Waals surface area contributed by atoms with Crippen molar-refractivity contribution in [3.05, 3.63) is 12.0 Å². The molecule has 2 rings (SSSR count). The summed E-state index contributed by atoms with van der Waals surface area (Å²) < 4.78 is 31.8. The molecule has 12 heteroatoms. The van der Waals surface area contributed by atoms with E-state index in [0.717, 1.165) is 13.3 Å². The Bertz CT molecular complexity index is 783. The highest BCUT2D eigenvalue weighted by Crippen LogP contribution is 2.37. The summed E-state index contributed by atoms with van der Waals surface area (Å²) in [6.45, 7) is 1.98. The first-order valence-electron chi connectivity index (χ1n) is 8.19. The fraction of sp³-hybridized carbons (Fsp3) is 0.562. The highest BCUT2D eigenvalue weighted by molar-refractivity contribution is 6.67. The summed E-state index contributed by atoms with van der Waals surface area (Å²) in [6.07, 6.45) is -3.05. The Kier molecular flexibility index (Phi) is 7.08. The number of carbonyl (C=O) groups excluding carboxylic acids is 3. The zero-order chi connectivity index (χ0) is 21.0. The van der Waals surface area contributed by atoms with Crippen LogP contribution in [0.3, 0.4) is 0 Å². The Hall–Kier alpha value is -2.53. The van der Waals surface area contributed by atoms with Gasteiger partial charge in [0.1, 0.15) is 12.7 Å². The minimum absolute atomic E-state index is 0.0314. The third-order valence-electron chi connectivity index (χ3n) is 3.66. The van der Waals surface area contributed by atoms with E-state index in [-0.39, 0.29) is 18.1 Å². The predicted molar refractivity (Wildman–Crippen MR) is 95.2 cm³/mol. The third-order valence-corrected chi connectivity index (χ3v) is 3.84. The molecule has 0 spiro atoms. The van der Waals surface area contributed by atoms with Crippen molar-refractivity contribution in [1.29, 1.82) is 0 Å². The molecule has 4 atom stereocenters. The van der Waals surface area contributed by atoms with Crippen LogP contribution < -0.4 is 0 Å². The molecule has 0 aromatic carbocycles.